The van der Waals surface area contributed by atoms with Gasteiger partial charge in [0.15, 0.2) is 11.5 Å². The number of nitrogens with zero attached hydrogens (tertiary/aromatic N) is 4. The number of aliphatic imine (C=N–C) groups is 1. The van der Waals surface area contributed by atoms with Crippen LogP contribution in [0.15, 0.2) is 47.7 Å². The zero-order valence-electron chi connectivity index (χ0n) is 18.0. The molecule has 1 atom stereocenters. The second-order valence-corrected chi connectivity index (χ2v) is 7.14. The maximum absolute atomic E-state index is 11.9. The van der Waals surface area contributed by atoms with Gasteiger partial charge in [-0.1, -0.05) is 6.07 Å². The second kappa shape index (κ2) is 8.59. The predicted octanol–water partition coefficient (Wildman–Crippen LogP) is 3.44. The first kappa shape index (κ1) is 20.6. The minimum atomic E-state index is -0.353. The van der Waals surface area contributed by atoms with Gasteiger partial charge < -0.3 is 14.2 Å². The summed E-state index contributed by atoms with van der Waals surface area (Å²) in [6, 6.07) is 9.18. The number of rotatable bonds is 6. The predicted molar refractivity (Wildman–Crippen MR) is 115 cm³/mol. The fraction of sp³-hybridized carbons (Fsp3) is 0.304. The van der Waals surface area contributed by atoms with Crippen LogP contribution < -0.4 is 9.47 Å². The van der Waals surface area contributed by atoms with Crippen molar-refractivity contribution >= 4 is 11.7 Å². The summed E-state index contributed by atoms with van der Waals surface area (Å²) in [5, 5.41) is 0. The Morgan fingerprint density at radius 3 is 2.55 bits per heavy atom. The summed E-state index contributed by atoms with van der Waals surface area (Å²) in [6.45, 7) is 1.99. The summed E-state index contributed by atoms with van der Waals surface area (Å²) in [5.41, 5.74) is 4.09. The van der Waals surface area contributed by atoms with Crippen LogP contribution in [0.3, 0.4) is 0 Å². The monoisotopic (exact) mass is 420 g/mol. The van der Waals surface area contributed by atoms with Gasteiger partial charge in [0.05, 0.1) is 38.4 Å². The number of carbonyl (C=O) groups excluding carboxylic acids is 1. The molecule has 0 spiro atoms. The highest BCUT2D eigenvalue weighted by molar-refractivity contribution is 6.14. The van der Waals surface area contributed by atoms with E-state index < -0.39 is 0 Å². The molecule has 1 aliphatic heterocycles. The normalized spacial score (nSPS) is 14.7. The van der Waals surface area contributed by atoms with Gasteiger partial charge in [-0.05, 0) is 31.5 Å². The standard InChI is InChI=1S/C23H24N4O4/c1-14-13-25-23-17(8-9-21(28)31-4)26-22(16-7-5-6-10-24-16)15-11-19(29-2)20(30-3)12-18(15)27(14)23/h5-7,10-13,17H,8-9H2,1-4H3/t17-/m0/s1. The molecule has 3 aromatic rings. The highest BCUT2D eigenvalue weighted by Gasteiger charge is 2.29. The smallest absolute Gasteiger partial charge is 0.305 e. The fourth-order valence-corrected chi connectivity index (χ4v) is 3.79. The molecule has 160 valence electrons. The number of carbonyl (C=O) groups is 1. The Morgan fingerprint density at radius 1 is 1.10 bits per heavy atom. The number of methoxy groups -OCH3 is 3. The number of pyridine rings is 1. The van der Waals surface area contributed by atoms with Gasteiger partial charge >= 0.3 is 5.97 Å². The quantitative estimate of drug-likeness (QED) is 0.568. The number of aromatic nitrogens is 3. The van der Waals surface area contributed by atoms with E-state index in [1.807, 2.05) is 43.5 Å². The summed E-state index contributed by atoms with van der Waals surface area (Å²) < 4.78 is 18.0. The van der Waals surface area contributed by atoms with E-state index in [9.17, 15) is 4.79 Å². The molecule has 0 N–H and O–H groups in total. The van der Waals surface area contributed by atoms with Gasteiger partial charge in [-0.15, -0.1) is 0 Å². The van der Waals surface area contributed by atoms with Crippen LogP contribution in [0.25, 0.3) is 5.69 Å². The minimum absolute atomic E-state index is 0.231. The van der Waals surface area contributed by atoms with Crippen LogP contribution >= 0.6 is 0 Å². The second-order valence-electron chi connectivity index (χ2n) is 7.14. The highest BCUT2D eigenvalue weighted by atomic mass is 16.5. The Hall–Kier alpha value is -3.68. The third kappa shape index (κ3) is 3.76. The van der Waals surface area contributed by atoms with Crippen molar-refractivity contribution in [1.29, 1.82) is 0 Å². The molecule has 0 aliphatic carbocycles. The summed E-state index contributed by atoms with van der Waals surface area (Å²) in [7, 11) is 4.60. The van der Waals surface area contributed by atoms with Crippen molar-refractivity contribution in [3.8, 4) is 17.2 Å². The summed E-state index contributed by atoms with van der Waals surface area (Å²) in [4.78, 5) is 26.1. The van der Waals surface area contributed by atoms with Gasteiger partial charge in [0.2, 0.25) is 0 Å². The van der Waals surface area contributed by atoms with Gasteiger partial charge in [0.25, 0.3) is 0 Å². The minimum Gasteiger partial charge on any atom is -0.493 e. The number of hydrogen-bond acceptors (Lipinski definition) is 7. The Kier molecular flexibility index (Phi) is 5.70. The molecule has 31 heavy (non-hydrogen) atoms. The number of imidazole rings is 1. The van der Waals surface area contributed by atoms with E-state index in [1.54, 1.807) is 20.4 Å². The van der Waals surface area contributed by atoms with Crippen molar-refractivity contribution in [2.75, 3.05) is 21.3 Å². The van der Waals surface area contributed by atoms with E-state index in [4.69, 9.17) is 19.2 Å². The fourth-order valence-electron chi connectivity index (χ4n) is 3.79. The van der Waals surface area contributed by atoms with E-state index in [0.717, 1.165) is 28.5 Å². The van der Waals surface area contributed by atoms with Crippen molar-refractivity contribution in [1.82, 2.24) is 14.5 Å². The zero-order valence-corrected chi connectivity index (χ0v) is 18.0. The van der Waals surface area contributed by atoms with Crippen molar-refractivity contribution in [3.63, 3.8) is 0 Å². The highest BCUT2D eigenvalue weighted by Crippen LogP contribution is 2.39. The third-order valence-corrected chi connectivity index (χ3v) is 5.30. The lowest BCUT2D eigenvalue weighted by Gasteiger charge is -2.17. The number of benzene rings is 1. The molecule has 0 unspecified atom stereocenters. The van der Waals surface area contributed by atoms with Gasteiger partial charge in [-0.25, -0.2) is 4.98 Å². The van der Waals surface area contributed by atoms with Crippen molar-refractivity contribution in [2.24, 2.45) is 4.99 Å². The van der Waals surface area contributed by atoms with Crippen molar-refractivity contribution in [2.45, 2.75) is 25.8 Å². The Labute approximate surface area is 180 Å². The summed E-state index contributed by atoms with van der Waals surface area (Å²) in [6.07, 6.45) is 4.23. The molecule has 8 heteroatoms. The first-order valence-corrected chi connectivity index (χ1v) is 9.94. The molecule has 0 fully saturated rings. The molecule has 8 nitrogen and oxygen atoms in total. The molecular formula is C23H24N4O4. The SMILES string of the molecule is COC(=O)CC[C@@H]1N=C(c2ccccn2)c2cc(OC)c(OC)cc2-n2c(C)cnc21. The number of hydrogen-bond donors (Lipinski definition) is 0. The van der Waals surface area contributed by atoms with Crippen molar-refractivity contribution in [3.05, 3.63) is 65.5 Å². The van der Waals surface area contributed by atoms with E-state index in [0.29, 0.717) is 23.6 Å². The maximum atomic E-state index is 11.9. The molecule has 0 saturated heterocycles. The van der Waals surface area contributed by atoms with Crippen molar-refractivity contribution < 1.29 is 19.0 Å². The van der Waals surface area contributed by atoms with Gasteiger partial charge in [-0.3, -0.25) is 19.3 Å². The molecule has 0 amide bonds. The summed E-state index contributed by atoms with van der Waals surface area (Å²) >= 11 is 0. The Balaban J connectivity index is 1.98. The molecule has 1 aliphatic rings. The van der Waals surface area contributed by atoms with Crippen LogP contribution in [-0.2, 0) is 9.53 Å². The molecule has 0 saturated carbocycles. The molecular weight excluding hydrogens is 396 g/mol. The average molecular weight is 420 g/mol. The number of esters is 1. The topological polar surface area (TPSA) is 87.8 Å². The zero-order chi connectivity index (χ0) is 22.0. The summed E-state index contributed by atoms with van der Waals surface area (Å²) in [5.74, 6) is 1.67. The maximum Gasteiger partial charge on any atom is 0.305 e. The van der Waals surface area contributed by atoms with Gasteiger partial charge in [-0.2, -0.15) is 0 Å². The number of fused-ring (bicyclic) bond motifs is 3. The lowest BCUT2D eigenvalue weighted by Crippen LogP contribution is -2.10. The molecule has 0 bridgehead atoms. The van der Waals surface area contributed by atoms with E-state index >= 15 is 0 Å². The third-order valence-electron chi connectivity index (χ3n) is 5.30. The first-order valence-electron chi connectivity index (χ1n) is 9.94. The van der Waals surface area contributed by atoms with E-state index in [1.165, 1.54) is 7.11 Å². The molecule has 2 aromatic heterocycles. The number of aryl methyl sites for hydroxylation is 1. The lowest BCUT2D eigenvalue weighted by atomic mass is 10.0. The molecule has 0 radical (unpaired) electrons. The Bertz CT molecular complexity index is 1140. The largest absolute Gasteiger partial charge is 0.493 e. The average Bonchev–Trinajstić information content (AvgIpc) is 3.13. The van der Waals surface area contributed by atoms with Crippen LogP contribution in [-0.4, -0.2) is 47.5 Å². The van der Waals surface area contributed by atoms with Gasteiger partial charge in [0, 0.05) is 36.1 Å². The lowest BCUT2D eigenvalue weighted by molar-refractivity contribution is -0.140. The van der Waals surface area contributed by atoms with Crippen LogP contribution in [0.2, 0.25) is 0 Å². The van der Waals surface area contributed by atoms with Crippen LogP contribution in [0.5, 0.6) is 11.5 Å². The first-order chi connectivity index (χ1) is 15.1. The molecule has 1 aromatic carbocycles. The molecule has 4 rings (SSSR count). The number of ether oxygens (including phenoxy) is 3. The van der Waals surface area contributed by atoms with Gasteiger partial charge in [0.1, 0.15) is 11.9 Å². The van der Waals surface area contributed by atoms with Crippen LogP contribution in [0, 0.1) is 6.92 Å². The van der Waals surface area contributed by atoms with Crippen LogP contribution in [0.1, 0.15) is 41.7 Å². The Morgan fingerprint density at radius 2 is 1.87 bits per heavy atom. The van der Waals surface area contributed by atoms with E-state index in [2.05, 4.69) is 14.5 Å². The van der Waals surface area contributed by atoms with Crippen LogP contribution in [0.4, 0.5) is 0 Å². The van der Waals surface area contributed by atoms with E-state index in [-0.39, 0.29) is 18.4 Å². The molecule has 3 heterocycles.